The van der Waals surface area contributed by atoms with Gasteiger partial charge in [0.2, 0.25) is 0 Å². The van der Waals surface area contributed by atoms with Gasteiger partial charge in [-0.2, -0.15) is 0 Å². The van der Waals surface area contributed by atoms with Crippen LogP contribution in [0.25, 0.3) is 0 Å². The number of carbonyl (C=O) groups is 1. The van der Waals surface area contributed by atoms with Crippen molar-refractivity contribution in [2.24, 2.45) is 0 Å². The highest BCUT2D eigenvalue weighted by molar-refractivity contribution is 9.10. The van der Waals surface area contributed by atoms with Crippen LogP contribution in [0.2, 0.25) is 0 Å². The van der Waals surface area contributed by atoms with E-state index in [9.17, 15) is 4.79 Å². The Kier molecular flexibility index (Phi) is 5.11. The summed E-state index contributed by atoms with van der Waals surface area (Å²) in [5, 5.41) is 0. The molecule has 0 saturated carbocycles. The number of nitrogens with zero attached hydrogens (tertiary/aromatic N) is 4. The average Bonchev–Trinajstić information content (AvgIpc) is 3.13. The molecule has 0 aromatic carbocycles. The summed E-state index contributed by atoms with van der Waals surface area (Å²) in [4.78, 5) is 27.4. The SMILES string of the molecule is O=C1OCCN1C(c1cccc(Br)n1)C(c1cccnc1)c1cccnc1. The number of amides is 1. The van der Waals surface area contributed by atoms with E-state index in [1.165, 1.54) is 0 Å². The van der Waals surface area contributed by atoms with Crippen LogP contribution < -0.4 is 0 Å². The minimum atomic E-state index is -0.342. The molecule has 7 heteroatoms. The van der Waals surface area contributed by atoms with Crippen LogP contribution >= 0.6 is 15.9 Å². The second-order valence-electron chi connectivity index (χ2n) is 6.19. The van der Waals surface area contributed by atoms with Gasteiger partial charge in [0.05, 0.1) is 18.3 Å². The summed E-state index contributed by atoms with van der Waals surface area (Å²) >= 11 is 3.45. The van der Waals surface area contributed by atoms with Gasteiger partial charge in [-0.15, -0.1) is 0 Å². The predicted octanol–water partition coefficient (Wildman–Crippen LogP) is 3.96. The fraction of sp³-hybridized carbons (Fsp3) is 0.200. The number of halogens is 1. The van der Waals surface area contributed by atoms with Gasteiger partial charge in [0.15, 0.2) is 0 Å². The zero-order valence-corrected chi connectivity index (χ0v) is 16.0. The largest absolute Gasteiger partial charge is 0.448 e. The minimum absolute atomic E-state index is 0.181. The summed E-state index contributed by atoms with van der Waals surface area (Å²) < 4.78 is 5.95. The Morgan fingerprint density at radius 2 is 1.70 bits per heavy atom. The van der Waals surface area contributed by atoms with Crippen molar-refractivity contribution in [1.29, 1.82) is 0 Å². The minimum Gasteiger partial charge on any atom is -0.448 e. The highest BCUT2D eigenvalue weighted by atomic mass is 79.9. The molecule has 1 unspecified atom stereocenters. The third kappa shape index (κ3) is 3.68. The maximum absolute atomic E-state index is 12.5. The van der Waals surface area contributed by atoms with Gasteiger partial charge in [-0.3, -0.25) is 14.9 Å². The Morgan fingerprint density at radius 1 is 1.00 bits per heavy atom. The number of aromatic nitrogens is 3. The van der Waals surface area contributed by atoms with E-state index in [0.717, 1.165) is 16.8 Å². The van der Waals surface area contributed by atoms with Crippen LogP contribution in [0.5, 0.6) is 0 Å². The summed E-state index contributed by atoms with van der Waals surface area (Å²) in [5.41, 5.74) is 2.75. The molecule has 1 aliphatic heterocycles. The fourth-order valence-corrected chi connectivity index (χ4v) is 3.79. The van der Waals surface area contributed by atoms with E-state index in [1.807, 2.05) is 54.9 Å². The fourth-order valence-electron chi connectivity index (χ4n) is 3.43. The van der Waals surface area contributed by atoms with Crippen LogP contribution in [0.1, 0.15) is 28.8 Å². The van der Waals surface area contributed by atoms with Crippen LogP contribution in [0.15, 0.2) is 71.9 Å². The van der Waals surface area contributed by atoms with Crippen molar-refractivity contribution >= 4 is 22.0 Å². The Bertz CT molecular complexity index is 884. The maximum atomic E-state index is 12.5. The maximum Gasteiger partial charge on any atom is 0.410 e. The van der Waals surface area contributed by atoms with Gasteiger partial charge >= 0.3 is 6.09 Å². The van der Waals surface area contributed by atoms with Gasteiger partial charge in [0, 0.05) is 30.7 Å². The topological polar surface area (TPSA) is 68.2 Å². The molecule has 3 aromatic rings. The smallest absolute Gasteiger partial charge is 0.410 e. The molecule has 0 spiro atoms. The monoisotopic (exact) mass is 424 g/mol. The number of hydrogen-bond donors (Lipinski definition) is 0. The van der Waals surface area contributed by atoms with Crippen LogP contribution in [-0.2, 0) is 4.74 Å². The van der Waals surface area contributed by atoms with Gasteiger partial charge in [0.25, 0.3) is 0 Å². The summed E-state index contributed by atoms with van der Waals surface area (Å²) in [6.07, 6.45) is 6.79. The molecule has 27 heavy (non-hydrogen) atoms. The second kappa shape index (κ2) is 7.84. The molecule has 1 atom stereocenters. The molecule has 6 nitrogen and oxygen atoms in total. The van der Waals surface area contributed by atoms with Gasteiger partial charge in [-0.05, 0) is 51.3 Å². The molecule has 1 saturated heterocycles. The van der Waals surface area contributed by atoms with E-state index in [-0.39, 0.29) is 18.1 Å². The molecule has 1 fully saturated rings. The lowest BCUT2D eigenvalue weighted by molar-refractivity contribution is 0.144. The summed E-state index contributed by atoms with van der Waals surface area (Å²) in [6.45, 7) is 0.880. The first-order chi connectivity index (χ1) is 13.2. The lowest BCUT2D eigenvalue weighted by atomic mass is 9.84. The molecule has 4 heterocycles. The molecule has 1 amide bonds. The van der Waals surface area contributed by atoms with Gasteiger partial charge in [-0.25, -0.2) is 9.78 Å². The highest BCUT2D eigenvalue weighted by Crippen LogP contribution is 2.41. The van der Waals surface area contributed by atoms with E-state index in [4.69, 9.17) is 4.74 Å². The van der Waals surface area contributed by atoms with Gasteiger partial charge in [0.1, 0.15) is 11.2 Å². The molecule has 0 aliphatic carbocycles. The van der Waals surface area contributed by atoms with Crippen molar-refractivity contribution in [3.05, 3.63) is 88.7 Å². The lowest BCUT2D eigenvalue weighted by Gasteiger charge is -2.33. The van der Waals surface area contributed by atoms with E-state index in [2.05, 4.69) is 30.9 Å². The Morgan fingerprint density at radius 3 is 2.22 bits per heavy atom. The number of cyclic esters (lactones) is 1. The Hall–Kier alpha value is -2.80. The molecule has 3 aromatic heterocycles. The first-order valence-electron chi connectivity index (χ1n) is 8.60. The van der Waals surface area contributed by atoms with E-state index in [1.54, 1.807) is 17.3 Å². The van der Waals surface area contributed by atoms with E-state index in [0.29, 0.717) is 17.8 Å². The van der Waals surface area contributed by atoms with Crippen molar-refractivity contribution < 1.29 is 9.53 Å². The molecule has 0 N–H and O–H groups in total. The lowest BCUT2D eigenvalue weighted by Crippen LogP contribution is -2.35. The van der Waals surface area contributed by atoms with E-state index >= 15 is 0 Å². The number of pyridine rings is 3. The number of ether oxygens (including phenoxy) is 1. The third-order valence-electron chi connectivity index (χ3n) is 4.57. The molecular formula is C20H17BrN4O2. The number of rotatable bonds is 5. The first kappa shape index (κ1) is 17.6. The molecule has 1 aliphatic rings. The summed E-state index contributed by atoms with van der Waals surface area (Å²) in [5.74, 6) is -0.181. The molecule has 136 valence electrons. The Labute approximate surface area is 165 Å². The first-order valence-corrected chi connectivity index (χ1v) is 9.39. The van der Waals surface area contributed by atoms with Crippen LogP contribution in [0.4, 0.5) is 4.79 Å². The van der Waals surface area contributed by atoms with Crippen LogP contribution in [-0.4, -0.2) is 39.1 Å². The second-order valence-corrected chi connectivity index (χ2v) is 7.00. The van der Waals surface area contributed by atoms with E-state index < -0.39 is 0 Å². The zero-order chi connectivity index (χ0) is 18.6. The van der Waals surface area contributed by atoms with Crippen LogP contribution in [0.3, 0.4) is 0 Å². The van der Waals surface area contributed by atoms with Gasteiger partial charge < -0.3 is 4.74 Å². The van der Waals surface area contributed by atoms with Crippen molar-refractivity contribution in [3.63, 3.8) is 0 Å². The molecule has 0 bridgehead atoms. The summed E-state index contributed by atoms with van der Waals surface area (Å²) in [6, 6.07) is 13.2. The normalized spacial score (nSPS) is 15.0. The highest BCUT2D eigenvalue weighted by Gasteiger charge is 2.38. The van der Waals surface area contributed by atoms with Crippen molar-refractivity contribution in [2.45, 2.75) is 12.0 Å². The standard InChI is InChI=1S/C20H17BrN4O2/c21-17-7-1-6-16(24-17)19(25-10-11-27-20(25)26)18(14-4-2-8-22-12-14)15-5-3-9-23-13-15/h1-9,12-13,18-19H,10-11H2. The van der Waals surface area contributed by atoms with Crippen molar-refractivity contribution in [1.82, 2.24) is 19.9 Å². The van der Waals surface area contributed by atoms with Gasteiger partial charge in [-0.1, -0.05) is 18.2 Å². The van der Waals surface area contributed by atoms with Crippen molar-refractivity contribution in [3.8, 4) is 0 Å². The molecule has 0 radical (unpaired) electrons. The average molecular weight is 425 g/mol. The predicted molar refractivity (Wildman–Crippen MR) is 103 cm³/mol. The molecule has 4 rings (SSSR count). The number of hydrogen-bond acceptors (Lipinski definition) is 5. The Balaban J connectivity index is 1.90. The van der Waals surface area contributed by atoms with Crippen LogP contribution in [0, 0.1) is 0 Å². The third-order valence-corrected chi connectivity index (χ3v) is 5.01. The quantitative estimate of drug-likeness (QED) is 0.579. The zero-order valence-electron chi connectivity index (χ0n) is 14.4. The van der Waals surface area contributed by atoms with Crippen molar-refractivity contribution in [2.75, 3.05) is 13.2 Å². The number of carbonyl (C=O) groups excluding carboxylic acids is 1. The summed E-state index contributed by atoms with van der Waals surface area (Å²) in [7, 11) is 0. The molecular weight excluding hydrogens is 408 g/mol.